The van der Waals surface area contributed by atoms with Crippen molar-refractivity contribution in [3.05, 3.63) is 76.6 Å². The number of hydrogen-bond donors (Lipinski definition) is 0. The van der Waals surface area contributed by atoms with E-state index in [4.69, 9.17) is 0 Å². The third-order valence-corrected chi connectivity index (χ3v) is 5.73. The van der Waals surface area contributed by atoms with Crippen molar-refractivity contribution in [3.63, 3.8) is 0 Å². The SMILES string of the molecule is Cc1nn(C)c(C)c1-c1cccc2c1CCCC2Cc1ccccc1. The molecule has 2 heteroatoms. The fourth-order valence-corrected chi connectivity index (χ4v) is 4.46. The number of fused-ring (bicyclic) bond motifs is 1. The molecule has 1 atom stereocenters. The maximum Gasteiger partial charge on any atom is 0.0674 e. The van der Waals surface area contributed by atoms with Crippen LogP contribution in [-0.2, 0) is 19.9 Å². The van der Waals surface area contributed by atoms with Gasteiger partial charge < -0.3 is 0 Å². The average molecular weight is 330 g/mol. The van der Waals surface area contributed by atoms with E-state index in [-0.39, 0.29) is 0 Å². The van der Waals surface area contributed by atoms with Gasteiger partial charge in [0.2, 0.25) is 0 Å². The summed E-state index contributed by atoms with van der Waals surface area (Å²) in [6, 6.07) is 17.8. The molecule has 0 bridgehead atoms. The topological polar surface area (TPSA) is 17.8 Å². The standard InChI is InChI=1S/C23H26N2/c1-16-23(17(2)25(3)24-16)22-14-8-12-20-19(11-7-13-21(20)22)15-18-9-5-4-6-10-18/h4-6,8-10,12,14,19H,7,11,13,15H2,1-3H3. The molecule has 1 aliphatic carbocycles. The third-order valence-electron chi connectivity index (χ3n) is 5.73. The number of hydrogen-bond acceptors (Lipinski definition) is 1. The lowest BCUT2D eigenvalue weighted by Crippen LogP contribution is -2.13. The minimum Gasteiger partial charge on any atom is -0.272 e. The van der Waals surface area contributed by atoms with Crippen LogP contribution in [0.5, 0.6) is 0 Å². The van der Waals surface area contributed by atoms with Gasteiger partial charge in [-0.2, -0.15) is 5.10 Å². The third kappa shape index (κ3) is 2.90. The average Bonchev–Trinajstić information content (AvgIpc) is 2.88. The zero-order chi connectivity index (χ0) is 17.4. The summed E-state index contributed by atoms with van der Waals surface area (Å²) in [6.45, 7) is 4.31. The predicted octanol–water partition coefficient (Wildman–Crippen LogP) is 5.37. The molecule has 1 aromatic heterocycles. The maximum atomic E-state index is 4.64. The van der Waals surface area contributed by atoms with E-state index in [1.165, 1.54) is 41.6 Å². The molecule has 3 aromatic rings. The van der Waals surface area contributed by atoms with Crippen LogP contribution in [0.3, 0.4) is 0 Å². The molecule has 2 nitrogen and oxygen atoms in total. The Morgan fingerprint density at radius 2 is 1.84 bits per heavy atom. The largest absolute Gasteiger partial charge is 0.272 e. The number of nitrogens with zero attached hydrogens (tertiary/aromatic N) is 2. The second-order valence-electron chi connectivity index (χ2n) is 7.32. The molecule has 4 rings (SSSR count). The van der Waals surface area contributed by atoms with E-state index < -0.39 is 0 Å². The van der Waals surface area contributed by atoms with Crippen LogP contribution < -0.4 is 0 Å². The summed E-state index contributed by atoms with van der Waals surface area (Å²) in [4.78, 5) is 0. The molecule has 0 N–H and O–H groups in total. The molecule has 2 aromatic carbocycles. The van der Waals surface area contributed by atoms with Crippen LogP contribution >= 0.6 is 0 Å². The van der Waals surface area contributed by atoms with Crippen LogP contribution in [0.2, 0.25) is 0 Å². The van der Waals surface area contributed by atoms with E-state index in [2.05, 4.69) is 67.5 Å². The maximum absolute atomic E-state index is 4.64. The molecule has 0 fully saturated rings. The highest BCUT2D eigenvalue weighted by atomic mass is 15.3. The summed E-state index contributed by atoms with van der Waals surface area (Å²) in [7, 11) is 2.04. The molecule has 1 heterocycles. The second kappa shape index (κ2) is 6.51. The van der Waals surface area contributed by atoms with Crippen LogP contribution in [0.15, 0.2) is 48.5 Å². The smallest absolute Gasteiger partial charge is 0.0674 e. The first-order valence-electron chi connectivity index (χ1n) is 9.31. The number of aromatic nitrogens is 2. The highest BCUT2D eigenvalue weighted by Gasteiger charge is 2.24. The predicted molar refractivity (Wildman–Crippen MR) is 104 cm³/mol. The number of benzene rings is 2. The van der Waals surface area contributed by atoms with E-state index in [9.17, 15) is 0 Å². The van der Waals surface area contributed by atoms with E-state index in [0.717, 1.165) is 12.1 Å². The first-order chi connectivity index (χ1) is 12.1. The van der Waals surface area contributed by atoms with Crippen molar-refractivity contribution < 1.29 is 0 Å². The molecule has 0 saturated heterocycles. The Hall–Kier alpha value is -2.35. The lowest BCUT2D eigenvalue weighted by atomic mass is 9.77. The Morgan fingerprint density at radius 3 is 2.56 bits per heavy atom. The molecule has 1 aliphatic rings. The van der Waals surface area contributed by atoms with Gasteiger partial charge in [-0.25, -0.2) is 0 Å². The van der Waals surface area contributed by atoms with E-state index in [1.54, 1.807) is 11.1 Å². The molecule has 0 aliphatic heterocycles. The van der Waals surface area contributed by atoms with Gasteiger partial charge in [0.25, 0.3) is 0 Å². The minimum absolute atomic E-state index is 0.628. The van der Waals surface area contributed by atoms with Gasteiger partial charge in [-0.3, -0.25) is 4.68 Å². The summed E-state index contributed by atoms with van der Waals surface area (Å²) in [5.74, 6) is 0.628. The molecule has 0 spiro atoms. The molecule has 0 amide bonds. The van der Waals surface area contributed by atoms with Crippen LogP contribution in [-0.4, -0.2) is 9.78 Å². The van der Waals surface area contributed by atoms with Gasteiger partial charge in [-0.05, 0) is 67.7 Å². The van der Waals surface area contributed by atoms with Crippen molar-refractivity contribution in [2.75, 3.05) is 0 Å². The molecule has 0 radical (unpaired) electrons. The molecular formula is C23H26N2. The van der Waals surface area contributed by atoms with Crippen LogP contribution in [0, 0.1) is 13.8 Å². The molecule has 25 heavy (non-hydrogen) atoms. The normalized spacial score (nSPS) is 16.7. The summed E-state index contributed by atoms with van der Waals surface area (Å²) in [5, 5.41) is 4.64. The second-order valence-corrected chi connectivity index (χ2v) is 7.32. The summed E-state index contributed by atoms with van der Waals surface area (Å²) in [5.41, 5.74) is 9.68. The van der Waals surface area contributed by atoms with Gasteiger partial charge in [0, 0.05) is 18.3 Å². The minimum atomic E-state index is 0.628. The highest BCUT2D eigenvalue weighted by Crippen LogP contribution is 2.40. The number of aryl methyl sites for hydroxylation is 2. The lowest BCUT2D eigenvalue weighted by molar-refractivity contribution is 0.551. The summed E-state index contributed by atoms with van der Waals surface area (Å²) >= 11 is 0. The lowest BCUT2D eigenvalue weighted by Gasteiger charge is -2.28. The van der Waals surface area contributed by atoms with Crippen molar-refractivity contribution in [3.8, 4) is 11.1 Å². The Morgan fingerprint density at radius 1 is 1.04 bits per heavy atom. The van der Waals surface area contributed by atoms with E-state index in [1.807, 2.05) is 11.7 Å². The summed E-state index contributed by atoms with van der Waals surface area (Å²) < 4.78 is 2.01. The molecule has 128 valence electrons. The monoisotopic (exact) mass is 330 g/mol. The first kappa shape index (κ1) is 16.1. The zero-order valence-corrected chi connectivity index (χ0v) is 15.4. The Balaban J connectivity index is 1.77. The van der Waals surface area contributed by atoms with Crippen LogP contribution in [0.1, 0.15) is 46.8 Å². The van der Waals surface area contributed by atoms with Crippen molar-refractivity contribution in [1.29, 1.82) is 0 Å². The summed E-state index contributed by atoms with van der Waals surface area (Å²) in [6.07, 6.45) is 4.89. The van der Waals surface area contributed by atoms with Gasteiger partial charge >= 0.3 is 0 Å². The van der Waals surface area contributed by atoms with Crippen molar-refractivity contribution >= 4 is 0 Å². The van der Waals surface area contributed by atoms with Crippen LogP contribution in [0.25, 0.3) is 11.1 Å². The van der Waals surface area contributed by atoms with Gasteiger partial charge in [-0.15, -0.1) is 0 Å². The van der Waals surface area contributed by atoms with Crippen LogP contribution in [0.4, 0.5) is 0 Å². The van der Waals surface area contributed by atoms with Gasteiger partial charge in [-0.1, -0.05) is 48.5 Å². The van der Waals surface area contributed by atoms with Crippen molar-refractivity contribution in [2.45, 2.75) is 45.4 Å². The molecule has 1 unspecified atom stereocenters. The quantitative estimate of drug-likeness (QED) is 0.631. The molecule has 0 saturated carbocycles. The van der Waals surface area contributed by atoms with Crippen molar-refractivity contribution in [2.24, 2.45) is 7.05 Å². The van der Waals surface area contributed by atoms with Gasteiger partial charge in [0.1, 0.15) is 0 Å². The van der Waals surface area contributed by atoms with Crippen molar-refractivity contribution in [1.82, 2.24) is 9.78 Å². The highest BCUT2D eigenvalue weighted by molar-refractivity contribution is 5.73. The van der Waals surface area contributed by atoms with E-state index in [0.29, 0.717) is 5.92 Å². The Labute approximate surface area is 150 Å². The molecular weight excluding hydrogens is 304 g/mol. The Kier molecular flexibility index (Phi) is 4.20. The zero-order valence-electron chi connectivity index (χ0n) is 15.4. The Bertz CT molecular complexity index is 890. The number of rotatable bonds is 3. The fraction of sp³-hybridized carbons (Fsp3) is 0.348. The fourth-order valence-electron chi connectivity index (χ4n) is 4.46. The van der Waals surface area contributed by atoms with Gasteiger partial charge in [0.15, 0.2) is 0 Å². The van der Waals surface area contributed by atoms with E-state index >= 15 is 0 Å². The first-order valence-corrected chi connectivity index (χ1v) is 9.31. The van der Waals surface area contributed by atoms with Gasteiger partial charge in [0.05, 0.1) is 5.69 Å².